The number of thiophene rings is 1. The molecule has 0 N–H and O–H groups in total. The van der Waals surface area contributed by atoms with Crippen molar-refractivity contribution < 1.29 is 18.0 Å². The maximum absolute atomic E-state index is 12.6. The number of aromatic nitrogens is 2. The number of hydrogen-bond donors (Lipinski definition) is 0. The van der Waals surface area contributed by atoms with Gasteiger partial charge in [0.1, 0.15) is 4.83 Å². The van der Waals surface area contributed by atoms with Crippen LogP contribution in [0.5, 0.6) is 0 Å². The summed E-state index contributed by atoms with van der Waals surface area (Å²) < 4.78 is 39.6. The summed E-state index contributed by atoms with van der Waals surface area (Å²) in [5.41, 5.74) is -1.32. The second-order valence-corrected chi connectivity index (χ2v) is 7.62. The van der Waals surface area contributed by atoms with Crippen LogP contribution < -0.4 is 11.2 Å². The number of hydrogen-bond acceptors (Lipinski definition) is 4. The fourth-order valence-electron chi connectivity index (χ4n) is 3.12. The second-order valence-electron chi connectivity index (χ2n) is 6.50. The molecule has 0 radical (unpaired) electrons. The minimum absolute atomic E-state index is 0.0114. The van der Waals surface area contributed by atoms with E-state index in [0.29, 0.717) is 11.3 Å². The van der Waals surface area contributed by atoms with Gasteiger partial charge in [0.25, 0.3) is 5.56 Å². The number of nitrogens with zero attached hydrogens (tertiary/aromatic N) is 3. The number of halogens is 3. The molecule has 0 aromatic carbocycles. The van der Waals surface area contributed by atoms with Crippen LogP contribution in [0.2, 0.25) is 0 Å². The van der Waals surface area contributed by atoms with Gasteiger partial charge in [0.15, 0.2) is 0 Å². The quantitative estimate of drug-likeness (QED) is 0.806. The van der Waals surface area contributed by atoms with Gasteiger partial charge in [0.2, 0.25) is 5.91 Å². The molecule has 1 atom stereocenters. The number of rotatable bonds is 4. The Morgan fingerprint density at radius 1 is 1.27 bits per heavy atom. The molecular formula is C16H18F3N3O3S. The summed E-state index contributed by atoms with van der Waals surface area (Å²) in [7, 11) is 1.25. The van der Waals surface area contributed by atoms with Crippen LogP contribution in [0.1, 0.15) is 31.1 Å². The van der Waals surface area contributed by atoms with Crippen LogP contribution in [0.4, 0.5) is 13.2 Å². The van der Waals surface area contributed by atoms with E-state index >= 15 is 0 Å². The molecule has 1 amide bonds. The Bertz CT molecular complexity index is 973. The molecule has 26 heavy (non-hydrogen) atoms. The molecule has 2 aromatic heterocycles. The van der Waals surface area contributed by atoms with E-state index in [1.807, 2.05) is 6.92 Å². The number of carbonyl (C=O) groups excluding carboxylic acids is 1. The fraction of sp³-hybridized carbons (Fsp3) is 0.562. The first-order valence-electron chi connectivity index (χ1n) is 8.17. The molecule has 1 unspecified atom stereocenters. The van der Waals surface area contributed by atoms with Gasteiger partial charge in [-0.3, -0.25) is 18.7 Å². The Morgan fingerprint density at radius 3 is 2.54 bits per heavy atom. The van der Waals surface area contributed by atoms with Crippen molar-refractivity contribution in [1.29, 1.82) is 0 Å². The van der Waals surface area contributed by atoms with E-state index in [1.54, 1.807) is 11.0 Å². The van der Waals surface area contributed by atoms with Crippen LogP contribution in [-0.2, 0) is 24.9 Å². The van der Waals surface area contributed by atoms with Gasteiger partial charge >= 0.3 is 11.9 Å². The number of amides is 1. The maximum Gasteiger partial charge on any atom is 0.390 e. The molecule has 0 bridgehead atoms. The molecule has 1 aliphatic rings. The van der Waals surface area contributed by atoms with E-state index < -0.39 is 30.4 Å². The maximum atomic E-state index is 12.6. The van der Waals surface area contributed by atoms with Crippen LogP contribution >= 0.6 is 11.3 Å². The van der Waals surface area contributed by atoms with Gasteiger partial charge < -0.3 is 4.90 Å². The molecule has 0 saturated carbocycles. The van der Waals surface area contributed by atoms with Gasteiger partial charge in [-0.2, -0.15) is 13.2 Å². The molecular weight excluding hydrogens is 371 g/mol. The first kappa shape index (κ1) is 18.7. The summed E-state index contributed by atoms with van der Waals surface area (Å²) in [6.07, 6.45) is -4.35. The minimum atomic E-state index is -4.40. The summed E-state index contributed by atoms with van der Waals surface area (Å²) in [6.45, 7) is 1.67. The molecule has 1 fully saturated rings. The summed E-state index contributed by atoms with van der Waals surface area (Å²) in [6, 6.07) is 1.65. The first-order chi connectivity index (χ1) is 12.1. The minimum Gasteiger partial charge on any atom is -0.335 e. The van der Waals surface area contributed by atoms with Gasteiger partial charge in [-0.1, -0.05) is 0 Å². The fourth-order valence-corrected chi connectivity index (χ4v) is 4.29. The summed E-state index contributed by atoms with van der Waals surface area (Å²) in [5, 5.41) is 0.202. The molecule has 10 heteroatoms. The Hall–Kier alpha value is -2.10. The van der Waals surface area contributed by atoms with Crippen molar-refractivity contribution in [3.05, 3.63) is 31.8 Å². The van der Waals surface area contributed by atoms with Crippen LogP contribution in [0.15, 0.2) is 15.7 Å². The zero-order valence-corrected chi connectivity index (χ0v) is 15.1. The average molecular weight is 389 g/mol. The van der Waals surface area contributed by atoms with Crippen molar-refractivity contribution in [2.45, 2.75) is 51.5 Å². The third-order valence-corrected chi connectivity index (χ3v) is 5.78. The lowest BCUT2D eigenvalue weighted by Crippen LogP contribution is -2.38. The summed E-state index contributed by atoms with van der Waals surface area (Å²) >= 11 is 1.09. The van der Waals surface area contributed by atoms with Gasteiger partial charge in [-0.15, -0.1) is 11.3 Å². The van der Waals surface area contributed by atoms with E-state index in [2.05, 4.69) is 0 Å². The largest absolute Gasteiger partial charge is 0.390 e. The Balaban J connectivity index is 2.04. The van der Waals surface area contributed by atoms with Crippen LogP contribution in [-0.4, -0.2) is 32.2 Å². The van der Waals surface area contributed by atoms with Crippen molar-refractivity contribution in [2.75, 3.05) is 0 Å². The van der Waals surface area contributed by atoms with E-state index in [-0.39, 0.29) is 28.7 Å². The van der Waals surface area contributed by atoms with Gasteiger partial charge in [0, 0.05) is 30.9 Å². The topological polar surface area (TPSA) is 64.3 Å². The highest BCUT2D eigenvalue weighted by Gasteiger charge is 2.29. The SMILES string of the molecule is CC1CCC(=O)N1Cc1cc2c(=O)n(C)c(=O)n(CCC(F)(F)F)c2s1. The average Bonchev–Trinajstić information content (AvgIpc) is 3.10. The van der Waals surface area contributed by atoms with E-state index in [4.69, 9.17) is 0 Å². The third-order valence-electron chi connectivity index (χ3n) is 4.63. The summed E-state index contributed by atoms with van der Waals surface area (Å²) in [5.74, 6) is 0.0114. The number of alkyl halides is 3. The van der Waals surface area contributed by atoms with Crippen molar-refractivity contribution in [3.8, 4) is 0 Å². The zero-order valence-electron chi connectivity index (χ0n) is 14.3. The Morgan fingerprint density at radius 2 is 1.96 bits per heavy atom. The van der Waals surface area contributed by atoms with Crippen molar-refractivity contribution in [1.82, 2.24) is 14.0 Å². The van der Waals surface area contributed by atoms with E-state index in [1.165, 1.54) is 7.05 Å². The standard InChI is InChI=1S/C16H18F3N3O3S/c1-9-3-4-12(23)22(9)8-10-7-11-13(24)20(2)15(25)21(14(11)26-10)6-5-16(17,18)19/h7,9H,3-6,8H2,1-2H3. The van der Waals surface area contributed by atoms with Crippen molar-refractivity contribution >= 4 is 27.5 Å². The molecule has 2 aromatic rings. The highest BCUT2D eigenvalue weighted by Crippen LogP contribution is 2.28. The number of aryl methyl sites for hydroxylation is 1. The monoisotopic (exact) mass is 389 g/mol. The van der Waals surface area contributed by atoms with Crippen LogP contribution in [0.3, 0.4) is 0 Å². The lowest BCUT2D eigenvalue weighted by atomic mass is 10.2. The number of likely N-dealkylation sites (tertiary alicyclic amines) is 1. The highest BCUT2D eigenvalue weighted by atomic mass is 32.1. The third kappa shape index (κ3) is 3.42. The lowest BCUT2D eigenvalue weighted by molar-refractivity contribution is -0.136. The molecule has 6 nitrogen and oxygen atoms in total. The smallest absolute Gasteiger partial charge is 0.335 e. The molecule has 1 aliphatic heterocycles. The lowest BCUT2D eigenvalue weighted by Gasteiger charge is -2.20. The molecule has 0 spiro atoms. The predicted octanol–water partition coefficient (Wildman–Crippen LogP) is 2.22. The second kappa shape index (κ2) is 6.57. The highest BCUT2D eigenvalue weighted by molar-refractivity contribution is 7.18. The van der Waals surface area contributed by atoms with Crippen molar-refractivity contribution in [3.63, 3.8) is 0 Å². The normalized spacial score (nSPS) is 18.3. The first-order valence-corrected chi connectivity index (χ1v) is 8.98. The predicted molar refractivity (Wildman–Crippen MR) is 91.2 cm³/mol. The molecule has 1 saturated heterocycles. The van der Waals surface area contributed by atoms with Gasteiger partial charge in [-0.05, 0) is 19.4 Å². The Kier molecular flexibility index (Phi) is 4.72. The number of carbonyl (C=O) groups is 1. The molecule has 142 valence electrons. The molecule has 3 heterocycles. The molecule has 3 rings (SSSR count). The molecule has 0 aliphatic carbocycles. The van der Waals surface area contributed by atoms with E-state index in [0.717, 1.165) is 26.9 Å². The zero-order chi connectivity index (χ0) is 19.2. The van der Waals surface area contributed by atoms with Crippen LogP contribution in [0.25, 0.3) is 10.2 Å². The van der Waals surface area contributed by atoms with E-state index in [9.17, 15) is 27.6 Å². The van der Waals surface area contributed by atoms with Crippen molar-refractivity contribution in [2.24, 2.45) is 7.05 Å². The summed E-state index contributed by atoms with van der Waals surface area (Å²) in [4.78, 5) is 39.1. The van der Waals surface area contributed by atoms with Crippen LogP contribution in [0, 0.1) is 0 Å². The van der Waals surface area contributed by atoms with Gasteiger partial charge in [-0.25, -0.2) is 4.79 Å². The van der Waals surface area contributed by atoms with Gasteiger partial charge in [0.05, 0.1) is 18.4 Å². The number of fused-ring (bicyclic) bond motifs is 1. The Labute approximate surface area is 150 Å².